The Kier molecular flexibility index (Phi) is 3.11. The number of carbonyl (C=O) groups is 1. The van der Waals surface area contributed by atoms with Crippen LogP contribution in [-0.2, 0) is 6.42 Å². The average molecular weight is 321 g/mol. The maximum absolute atomic E-state index is 13.8. The number of ketones is 1. The molecule has 0 radical (unpaired) electrons. The molecular weight excluding hydrogens is 311 g/mol. The zero-order chi connectivity index (χ0) is 13.4. The van der Waals surface area contributed by atoms with Crippen LogP contribution in [0.15, 0.2) is 40.9 Å². The van der Waals surface area contributed by atoms with E-state index in [-0.39, 0.29) is 11.3 Å². The van der Waals surface area contributed by atoms with Crippen LogP contribution in [0.1, 0.15) is 21.5 Å². The number of hydrogen-bond acceptors (Lipinski definition) is 2. The molecule has 0 aromatic heterocycles. The summed E-state index contributed by atoms with van der Waals surface area (Å²) in [5.41, 5.74) is 1.58. The zero-order valence-electron chi connectivity index (χ0n) is 9.95. The fourth-order valence-electron chi connectivity index (χ4n) is 2.16. The maximum atomic E-state index is 13.8. The quantitative estimate of drug-likeness (QED) is 0.788. The molecule has 2 aromatic rings. The Bertz CT molecular complexity index is 667. The van der Waals surface area contributed by atoms with Gasteiger partial charge in [-0.15, -0.1) is 0 Å². The molecule has 0 aliphatic carbocycles. The predicted molar refractivity (Wildman–Crippen MR) is 73.2 cm³/mol. The molecule has 96 valence electrons. The lowest BCUT2D eigenvalue weighted by Crippen LogP contribution is -2.04. The van der Waals surface area contributed by atoms with Gasteiger partial charge in [0.1, 0.15) is 11.6 Å². The van der Waals surface area contributed by atoms with E-state index in [2.05, 4.69) is 15.9 Å². The second kappa shape index (κ2) is 4.78. The summed E-state index contributed by atoms with van der Waals surface area (Å²) in [6.45, 7) is 0.639. The Morgan fingerprint density at radius 1 is 1.21 bits per heavy atom. The highest BCUT2D eigenvalue weighted by Gasteiger charge is 2.18. The summed E-state index contributed by atoms with van der Waals surface area (Å²) in [5.74, 6) is -0.0105. The number of hydrogen-bond donors (Lipinski definition) is 0. The summed E-state index contributed by atoms with van der Waals surface area (Å²) < 4.78 is 19.8. The minimum absolute atomic E-state index is 0.0852. The molecule has 0 fully saturated rings. The third-order valence-corrected chi connectivity index (χ3v) is 3.62. The van der Waals surface area contributed by atoms with Gasteiger partial charge in [0, 0.05) is 16.5 Å². The van der Waals surface area contributed by atoms with E-state index in [0.29, 0.717) is 16.6 Å². The number of carbonyl (C=O) groups excluding carboxylic acids is 1. The van der Waals surface area contributed by atoms with Crippen LogP contribution in [0.25, 0.3) is 0 Å². The molecule has 0 amide bonds. The van der Waals surface area contributed by atoms with Crippen LogP contribution < -0.4 is 4.74 Å². The monoisotopic (exact) mass is 320 g/mol. The molecule has 1 aliphatic rings. The Hall–Kier alpha value is -1.68. The van der Waals surface area contributed by atoms with Crippen LogP contribution in [0.5, 0.6) is 5.75 Å². The summed E-state index contributed by atoms with van der Waals surface area (Å²) in [4.78, 5) is 12.3. The maximum Gasteiger partial charge on any atom is 0.195 e. The first kappa shape index (κ1) is 12.4. The number of fused-ring (bicyclic) bond motifs is 1. The second-order valence-electron chi connectivity index (χ2n) is 4.37. The van der Waals surface area contributed by atoms with Crippen molar-refractivity contribution < 1.29 is 13.9 Å². The van der Waals surface area contributed by atoms with Crippen LogP contribution in [0.2, 0.25) is 0 Å². The van der Waals surface area contributed by atoms with Crippen LogP contribution in [0, 0.1) is 5.82 Å². The molecule has 0 N–H and O–H groups in total. The van der Waals surface area contributed by atoms with Crippen LogP contribution in [0.3, 0.4) is 0 Å². The SMILES string of the molecule is O=C(c1ccc2c(c1)CCO2)c1ccc(Br)cc1F. The van der Waals surface area contributed by atoms with Crippen molar-refractivity contribution in [3.8, 4) is 5.75 Å². The molecule has 0 atom stereocenters. The van der Waals surface area contributed by atoms with Crippen LogP contribution in [0.4, 0.5) is 4.39 Å². The van der Waals surface area contributed by atoms with E-state index in [1.807, 2.05) is 0 Å². The fourth-order valence-corrected chi connectivity index (χ4v) is 2.49. The van der Waals surface area contributed by atoms with Crippen molar-refractivity contribution in [2.45, 2.75) is 6.42 Å². The summed E-state index contributed by atoms with van der Waals surface area (Å²) >= 11 is 3.17. The van der Waals surface area contributed by atoms with E-state index < -0.39 is 5.82 Å². The van der Waals surface area contributed by atoms with Gasteiger partial charge in [-0.1, -0.05) is 15.9 Å². The summed E-state index contributed by atoms with van der Waals surface area (Å²) in [6.07, 6.45) is 0.791. The van der Waals surface area contributed by atoms with Crippen molar-refractivity contribution in [3.63, 3.8) is 0 Å². The molecule has 2 aromatic carbocycles. The highest BCUT2D eigenvalue weighted by atomic mass is 79.9. The van der Waals surface area contributed by atoms with Crippen molar-refractivity contribution >= 4 is 21.7 Å². The van der Waals surface area contributed by atoms with E-state index in [0.717, 1.165) is 17.7 Å². The molecule has 0 spiro atoms. The Morgan fingerprint density at radius 2 is 2.05 bits per heavy atom. The van der Waals surface area contributed by atoms with E-state index in [9.17, 15) is 9.18 Å². The molecule has 0 saturated carbocycles. The number of benzene rings is 2. The first-order valence-electron chi connectivity index (χ1n) is 5.90. The van der Waals surface area contributed by atoms with Crippen molar-refractivity contribution in [2.24, 2.45) is 0 Å². The number of ether oxygens (including phenoxy) is 1. The molecule has 1 heterocycles. The second-order valence-corrected chi connectivity index (χ2v) is 5.29. The van der Waals surface area contributed by atoms with Gasteiger partial charge < -0.3 is 4.74 Å². The molecule has 0 unspecified atom stereocenters. The van der Waals surface area contributed by atoms with Gasteiger partial charge in [-0.2, -0.15) is 0 Å². The van der Waals surface area contributed by atoms with Crippen molar-refractivity contribution in [2.75, 3.05) is 6.61 Å². The third kappa shape index (κ3) is 2.28. The largest absolute Gasteiger partial charge is 0.493 e. The van der Waals surface area contributed by atoms with Crippen LogP contribution >= 0.6 is 15.9 Å². The van der Waals surface area contributed by atoms with Crippen molar-refractivity contribution in [3.05, 3.63) is 63.4 Å². The van der Waals surface area contributed by atoms with Gasteiger partial charge in [-0.05, 0) is 42.0 Å². The minimum Gasteiger partial charge on any atom is -0.493 e. The van der Waals surface area contributed by atoms with Crippen molar-refractivity contribution in [1.29, 1.82) is 0 Å². The first-order chi connectivity index (χ1) is 9.15. The Balaban J connectivity index is 2.00. The summed E-state index contributed by atoms with van der Waals surface area (Å²) in [7, 11) is 0. The normalized spacial score (nSPS) is 12.9. The van der Waals surface area contributed by atoms with Gasteiger partial charge in [0.05, 0.1) is 12.2 Å². The number of rotatable bonds is 2. The van der Waals surface area contributed by atoms with E-state index in [4.69, 9.17) is 4.74 Å². The van der Waals surface area contributed by atoms with Gasteiger partial charge >= 0.3 is 0 Å². The van der Waals surface area contributed by atoms with Gasteiger partial charge in [0.2, 0.25) is 0 Å². The van der Waals surface area contributed by atoms with E-state index in [1.165, 1.54) is 12.1 Å². The standard InChI is InChI=1S/C15H10BrFO2/c16-11-2-3-12(13(17)8-11)15(18)10-1-4-14-9(7-10)5-6-19-14/h1-4,7-8H,5-6H2. The van der Waals surface area contributed by atoms with Gasteiger partial charge in [0.15, 0.2) is 5.78 Å². The molecule has 0 bridgehead atoms. The average Bonchev–Trinajstić information content (AvgIpc) is 2.85. The lowest BCUT2D eigenvalue weighted by molar-refractivity contribution is 0.103. The molecule has 2 nitrogen and oxygen atoms in total. The minimum atomic E-state index is -0.517. The third-order valence-electron chi connectivity index (χ3n) is 3.13. The highest BCUT2D eigenvalue weighted by Crippen LogP contribution is 2.27. The summed E-state index contributed by atoms with van der Waals surface area (Å²) in [5, 5.41) is 0. The topological polar surface area (TPSA) is 26.3 Å². The molecule has 4 heteroatoms. The van der Waals surface area contributed by atoms with Gasteiger partial charge in [0.25, 0.3) is 0 Å². The summed E-state index contributed by atoms with van der Waals surface area (Å²) in [6, 6.07) is 9.68. The van der Waals surface area contributed by atoms with Crippen molar-refractivity contribution in [1.82, 2.24) is 0 Å². The molecule has 1 aliphatic heterocycles. The number of halogens is 2. The molecular formula is C15H10BrFO2. The first-order valence-corrected chi connectivity index (χ1v) is 6.70. The molecule has 0 saturated heterocycles. The van der Waals surface area contributed by atoms with Crippen LogP contribution in [-0.4, -0.2) is 12.4 Å². The van der Waals surface area contributed by atoms with Gasteiger partial charge in [-0.3, -0.25) is 4.79 Å². The van der Waals surface area contributed by atoms with Gasteiger partial charge in [-0.25, -0.2) is 4.39 Å². The predicted octanol–water partition coefficient (Wildman–Crippen LogP) is 3.75. The Morgan fingerprint density at radius 3 is 2.84 bits per heavy atom. The van der Waals surface area contributed by atoms with E-state index >= 15 is 0 Å². The highest BCUT2D eigenvalue weighted by molar-refractivity contribution is 9.10. The zero-order valence-corrected chi connectivity index (χ0v) is 11.5. The van der Waals surface area contributed by atoms with E-state index in [1.54, 1.807) is 24.3 Å². The lowest BCUT2D eigenvalue weighted by Gasteiger charge is -2.05. The lowest BCUT2D eigenvalue weighted by atomic mass is 10.00. The Labute approximate surface area is 118 Å². The molecule has 19 heavy (non-hydrogen) atoms. The fraction of sp³-hybridized carbons (Fsp3) is 0.133. The smallest absolute Gasteiger partial charge is 0.195 e. The molecule has 3 rings (SSSR count).